The standard InChI is InChI=1S/C13H19BrN2O2/c1-9-8-18-12(7-17)6-16(9)5-10-2-3-11(14)4-13(10)15/h2-4,9,12,17H,5-8,15H2,1H3. The molecule has 3 N–H and O–H groups in total. The maximum atomic E-state index is 9.17. The molecule has 0 bridgehead atoms. The van der Waals surface area contributed by atoms with E-state index in [0.29, 0.717) is 12.6 Å². The van der Waals surface area contributed by atoms with E-state index in [2.05, 4.69) is 27.8 Å². The lowest BCUT2D eigenvalue weighted by Gasteiger charge is -2.37. The molecular weight excluding hydrogens is 296 g/mol. The Bertz CT molecular complexity index is 414. The molecule has 0 spiro atoms. The fraction of sp³-hybridized carbons (Fsp3) is 0.538. The Morgan fingerprint density at radius 1 is 1.56 bits per heavy atom. The van der Waals surface area contributed by atoms with Crippen molar-refractivity contribution in [3.63, 3.8) is 0 Å². The van der Waals surface area contributed by atoms with Crippen LogP contribution in [-0.4, -0.2) is 41.9 Å². The van der Waals surface area contributed by atoms with Crippen LogP contribution in [0, 0.1) is 0 Å². The van der Waals surface area contributed by atoms with Gasteiger partial charge in [-0.05, 0) is 24.6 Å². The third-order valence-corrected chi connectivity index (χ3v) is 3.81. The van der Waals surface area contributed by atoms with E-state index >= 15 is 0 Å². The molecule has 2 unspecified atom stereocenters. The molecule has 0 aliphatic carbocycles. The second kappa shape index (κ2) is 6.02. The van der Waals surface area contributed by atoms with Gasteiger partial charge < -0.3 is 15.6 Å². The first-order chi connectivity index (χ1) is 8.60. The minimum Gasteiger partial charge on any atom is -0.398 e. The van der Waals surface area contributed by atoms with E-state index in [0.717, 1.165) is 28.8 Å². The van der Waals surface area contributed by atoms with Crippen LogP contribution in [0.4, 0.5) is 5.69 Å². The molecule has 0 amide bonds. The van der Waals surface area contributed by atoms with E-state index in [-0.39, 0.29) is 12.7 Å². The summed E-state index contributed by atoms with van der Waals surface area (Å²) >= 11 is 3.41. The van der Waals surface area contributed by atoms with Crippen LogP contribution in [0.2, 0.25) is 0 Å². The van der Waals surface area contributed by atoms with Gasteiger partial charge in [0.05, 0.1) is 19.3 Å². The van der Waals surface area contributed by atoms with Crippen molar-refractivity contribution in [1.82, 2.24) is 4.90 Å². The Labute approximate surface area is 116 Å². The van der Waals surface area contributed by atoms with Crippen LogP contribution in [0.25, 0.3) is 0 Å². The fourth-order valence-electron chi connectivity index (χ4n) is 2.13. The van der Waals surface area contributed by atoms with E-state index in [9.17, 15) is 0 Å². The van der Waals surface area contributed by atoms with Gasteiger partial charge in [-0.2, -0.15) is 0 Å². The van der Waals surface area contributed by atoms with Crippen LogP contribution < -0.4 is 5.73 Å². The molecule has 4 nitrogen and oxygen atoms in total. The molecule has 1 saturated heterocycles. The zero-order chi connectivity index (χ0) is 13.1. The van der Waals surface area contributed by atoms with Gasteiger partial charge in [0.2, 0.25) is 0 Å². The highest BCUT2D eigenvalue weighted by Gasteiger charge is 2.25. The number of anilines is 1. The van der Waals surface area contributed by atoms with Gasteiger partial charge in [-0.25, -0.2) is 0 Å². The molecule has 2 rings (SSSR count). The van der Waals surface area contributed by atoms with Crippen LogP contribution in [0.5, 0.6) is 0 Å². The van der Waals surface area contributed by atoms with E-state index in [1.807, 2.05) is 18.2 Å². The predicted octanol–water partition coefficient (Wildman–Crippen LogP) is 1.61. The lowest BCUT2D eigenvalue weighted by atomic mass is 10.1. The number of rotatable bonds is 3. The average Bonchev–Trinajstić information content (AvgIpc) is 2.35. The van der Waals surface area contributed by atoms with Gasteiger partial charge in [0.15, 0.2) is 0 Å². The molecule has 0 radical (unpaired) electrons. The van der Waals surface area contributed by atoms with Gasteiger partial charge in [0.25, 0.3) is 0 Å². The third-order valence-electron chi connectivity index (χ3n) is 3.32. The largest absolute Gasteiger partial charge is 0.398 e. The highest BCUT2D eigenvalue weighted by atomic mass is 79.9. The molecule has 1 aromatic rings. The maximum absolute atomic E-state index is 9.17. The molecule has 2 atom stereocenters. The summed E-state index contributed by atoms with van der Waals surface area (Å²) in [5.74, 6) is 0. The van der Waals surface area contributed by atoms with Gasteiger partial charge in [-0.3, -0.25) is 4.90 Å². The van der Waals surface area contributed by atoms with Crippen LogP contribution in [-0.2, 0) is 11.3 Å². The molecule has 18 heavy (non-hydrogen) atoms. The molecule has 0 saturated carbocycles. The SMILES string of the molecule is CC1COC(CO)CN1Cc1ccc(Br)cc1N. The predicted molar refractivity (Wildman–Crippen MR) is 75.3 cm³/mol. The number of morpholine rings is 1. The van der Waals surface area contributed by atoms with Crippen LogP contribution >= 0.6 is 15.9 Å². The first kappa shape index (κ1) is 13.8. The van der Waals surface area contributed by atoms with Crippen molar-refractivity contribution >= 4 is 21.6 Å². The second-order valence-corrected chi connectivity index (χ2v) is 5.68. The van der Waals surface area contributed by atoms with Gasteiger partial charge in [0, 0.05) is 29.3 Å². The number of ether oxygens (including phenoxy) is 1. The number of hydrogen-bond acceptors (Lipinski definition) is 4. The molecule has 1 heterocycles. The number of nitrogen functional groups attached to an aromatic ring is 1. The van der Waals surface area contributed by atoms with Gasteiger partial charge >= 0.3 is 0 Å². The summed E-state index contributed by atoms with van der Waals surface area (Å²) in [6.07, 6.45) is -0.0853. The van der Waals surface area contributed by atoms with Crippen molar-refractivity contribution < 1.29 is 9.84 Å². The van der Waals surface area contributed by atoms with Gasteiger partial charge in [-0.1, -0.05) is 22.0 Å². The lowest BCUT2D eigenvalue weighted by molar-refractivity contribution is -0.0805. The van der Waals surface area contributed by atoms with Crippen LogP contribution in [0.3, 0.4) is 0 Å². The molecule has 1 fully saturated rings. The Hall–Kier alpha value is -0.620. The number of aliphatic hydroxyl groups is 1. The highest BCUT2D eigenvalue weighted by Crippen LogP contribution is 2.22. The normalized spacial score (nSPS) is 25.3. The molecule has 1 aromatic carbocycles. The maximum Gasteiger partial charge on any atom is 0.0933 e. The van der Waals surface area contributed by atoms with Crippen LogP contribution in [0.15, 0.2) is 22.7 Å². The number of nitrogens with zero attached hydrogens (tertiary/aromatic N) is 1. The van der Waals surface area contributed by atoms with Crippen molar-refractivity contribution in [2.24, 2.45) is 0 Å². The second-order valence-electron chi connectivity index (χ2n) is 4.76. The van der Waals surface area contributed by atoms with Crippen LogP contribution in [0.1, 0.15) is 12.5 Å². The molecule has 0 aromatic heterocycles. The van der Waals surface area contributed by atoms with E-state index in [1.54, 1.807) is 0 Å². The Kier molecular flexibility index (Phi) is 4.61. The van der Waals surface area contributed by atoms with Crippen molar-refractivity contribution in [1.29, 1.82) is 0 Å². The van der Waals surface area contributed by atoms with Gasteiger partial charge in [-0.15, -0.1) is 0 Å². The third kappa shape index (κ3) is 3.23. The van der Waals surface area contributed by atoms with Crippen molar-refractivity contribution in [2.75, 3.05) is 25.5 Å². The zero-order valence-electron chi connectivity index (χ0n) is 10.5. The van der Waals surface area contributed by atoms with E-state index in [4.69, 9.17) is 15.6 Å². The summed E-state index contributed by atoms with van der Waals surface area (Å²) < 4.78 is 6.52. The number of halogens is 1. The number of nitrogens with two attached hydrogens (primary N) is 1. The van der Waals surface area contributed by atoms with Crippen molar-refractivity contribution in [2.45, 2.75) is 25.6 Å². The topological polar surface area (TPSA) is 58.7 Å². The van der Waals surface area contributed by atoms with E-state index < -0.39 is 0 Å². The first-order valence-electron chi connectivity index (χ1n) is 6.10. The monoisotopic (exact) mass is 314 g/mol. The average molecular weight is 315 g/mol. The summed E-state index contributed by atoms with van der Waals surface area (Å²) in [5, 5.41) is 9.17. The molecule has 100 valence electrons. The zero-order valence-corrected chi connectivity index (χ0v) is 12.1. The Morgan fingerprint density at radius 2 is 2.33 bits per heavy atom. The Morgan fingerprint density at radius 3 is 3.00 bits per heavy atom. The first-order valence-corrected chi connectivity index (χ1v) is 6.90. The lowest BCUT2D eigenvalue weighted by Crippen LogP contribution is -2.48. The Balaban J connectivity index is 2.07. The fourth-order valence-corrected chi connectivity index (χ4v) is 2.51. The number of hydrogen-bond donors (Lipinski definition) is 2. The number of benzene rings is 1. The summed E-state index contributed by atoms with van der Waals surface area (Å²) in [4.78, 5) is 2.30. The highest BCUT2D eigenvalue weighted by molar-refractivity contribution is 9.10. The number of aliphatic hydroxyl groups excluding tert-OH is 1. The van der Waals surface area contributed by atoms with Crippen molar-refractivity contribution in [3.8, 4) is 0 Å². The molecule has 1 aliphatic rings. The quantitative estimate of drug-likeness (QED) is 0.832. The summed E-state index contributed by atoms with van der Waals surface area (Å²) in [7, 11) is 0. The minimum atomic E-state index is -0.0853. The minimum absolute atomic E-state index is 0.0685. The summed E-state index contributed by atoms with van der Waals surface area (Å²) in [6, 6.07) is 6.30. The smallest absolute Gasteiger partial charge is 0.0933 e. The van der Waals surface area contributed by atoms with Crippen molar-refractivity contribution in [3.05, 3.63) is 28.2 Å². The van der Waals surface area contributed by atoms with E-state index in [1.165, 1.54) is 0 Å². The molecule has 5 heteroatoms. The summed E-state index contributed by atoms with van der Waals surface area (Å²) in [6.45, 7) is 4.39. The summed E-state index contributed by atoms with van der Waals surface area (Å²) in [5.41, 5.74) is 7.92. The molecular formula is C13H19BrN2O2. The molecule has 1 aliphatic heterocycles. The van der Waals surface area contributed by atoms with Gasteiger partial charge in [0.1, 0.15) is 0 Å².